The predicted molar refractivity (Wildman–Crippen MR) is 50.9 cm³/mol. The van der Waals surface area contributed by atoms with Crippen molar-refractivity contribution in [3.8, 4) is 0 Å². The van der Waals surface area contributed by atoms with Crippen LogP contribution in [0.5, 0.6) is 0 Å². The number of nitrogens with two attached hydrogens (primary N) is 1. The molecule has 3 nitrogen and oxygen atoms in total. The Hall–Kier alpha value is -0.570. The van der Waals surface area contributed by atoms with Crippen molar-refractivity contribution in [2.45, 2.75) is 37.7 Å². The van der Waals surface area contributed by atoms with E-state index in [4.69, 9.17) is 5.73 Å². The number of primary amides is 1. The minimum atomic E-state index is -0.588. The van der Waals surface area contributed by atoms with E-state index in [1.54, 1.807) is 0 Å². The van der Waals surface area contributed by atoms with Gasteiger partial charge in [-0.25, -0.2) is 0 Å². The van der Waals surface area contributed by atoms with Crippen LogP contribution in [0.25, 0.3) is 0 Å². The van der Waals surface area contributed by atoms with Gasteiger partial charge in [-0.2, -0.15) is 0 Å². The third-order valence-corrected chi connectivity index (χ3v) is 4.29. The SMILES string of the molecule is NC(=O)[C@@]12[CH][C@@H]3CC(CC(O)(C3)C1)C2. The van der Waals surface area contributed by atoms with E-state index in [0.29, 0.717) is 18.3 Å². The van der Waals surface area contributed by atoms with Crippen LogP contribution in [0.4, 0.5) is 0 Å². The molecule has 4 saturated carbocycles. The summed E-state index contributed by atoms with van der Waals surface area (Å²) in [6.07, 6.45) is 6.45. The Morgan fingerprint density at radius 1 is 1.43 bits per heavy atom. The maximum atomic E-state index is 11.5. The molecule has 4 fully saturated rings. The zero-order chi connectivity index (χ0) is 9.97. The number of hydrogen-bond acceptors (Lipinski definition) is 2. The topological polar surface area (TPSA) is 63.3 Å². The first kappa shape index (κ1) is 8.72. The van der Waals surface area contributed by atoms with Gasteiger partial charge in [-0.05, 0) is 50.4 Å². The molecule has 4 atom stereocenters. The average molecular weight is 194 g/mol. The van der Waals surface area contributed by atoms with Crippen LogP contribution in [0.1, 0.15) is 32.1 Å². The largest absolute Gasteiger partial charge is 0.390 e. The van der Waals surface area contributed by atoms with Crippen LogP contribution in [-0.2, 0) is 4.79 Å². The van der Waals surface area contributed by atoms with E-state index in [-0.39, 0.29) is 5.91 Å². The molecule has 0 aromatic heterocycles. The fourth-order valence-electron chi connectivity index (χ4n) is 4.15. The lowest BCUT2D eigenvalue weighted by molar-refractivity contribution is -0.159. The fraction of sp³-hybridized carbons (Fsp3) is 0.818. The molecule has 2 unspecified atom stereocenters. The highest BCUT2D eigenvalue weighted by Crippen LogP contribution is 2.60. The van der Waals surface area contributed by atoms with Crippen molar-refractivity contribution in [1.82, 2.24) is 0 Å². The van der Waals surface area contributed by atoms with E-state index < -0.39 is 11.0 Å². The van der Waals surface area contributed by atoms with E-state index in [1.807, 2.05) is 0 Å². The fourth-order valence-corrected chi connectivity index (χ4v) is 4.15. The Labute approximate surface area is 83.7 Å². The number of hydrogen-bond donors (Lipinski definition) is 2. The number of rotatable bonds is 1. The van der Waals surface area contributed by atoms with Gasteiger partial charge in [0.25, 0.3) is 0 Å². The van der Waals surface area contributed by atoms with Crippen LogP contribution in [0.15, 0.2) is 0 Å². The molecule has 0 heterocycles. The summed E-state index contributed by atoms with van der Waals surface area (Å²) >= 11 is 0. The van der Waals surface area contributed by atoms with Crippen LogP contribution < -0.4 is 5.73 Å². The van der Waals surface area contributed by atoms with Crippen molar-refractivity contribution in [1.29, 1.82) is 0 Å². The van der Waals surface area contributed by atoms with Crippen LogP contribution in [0, 0.1) is 23.7 Å². The van der Waals surface area contributed by atoms with E-state index in [1.165, 1.54) is 0 Å². The summed E-state index contributed by atoms with van der Waals surface area (Å²) in [5.74, 6) is 0.712. The third kappa shape index (κ3) is 0.991. The summed E-state index contributed by atoms with van der Waals surface area (Å²) in [6, 6.07) is 0. The molecule has 4 aliphatic rings. The summed E-state index contributed by atoms with van der Waals surface area (Å²) in [4.78, 5) is 11.5. The lowest BCUT2D eigenvalue weighted by Crippen LogP contribution is -2.60. The Kier molecular flexibility index (Phi) is 1.45. The first-order chi connectivity index (χ1) is 6.51. The normalized spacial score (nSPS) is 54.9. The second kappa shape index (κ2) is 2.32. The first-order valence-corrected chi connectivity index (χ1v) is 5.40. The first-order valence-electron chi connectivity index (χ1n) is 5.40. The molecule has 77 valence electrons. The molecular formula is C11H16NO2. The second-order valence-corrected chi connectivity index (χ2v) is 5.56. The Morgan fingerprint density at radius 3 is 2.79 bits per heavy atom. The van der Waals surface area contributed by atoms with Gasteiger partial charge in [0.05, 0.1) is 11.0 Å². The molecule has 3 heteroatoms. The molecule has 1 radical (unpaired) electrons. The molecule has 4 rings (SSSR count). The Bertz CT molecular complexity index is 286. The maximum Gasteiger partial charge on any atom is 0.224 e. The van der Waals surface area contributed by atoms with Gasteiger partial charge in [0.15, 0.2) is 0 Å². The van der Waals surface area contributed by atoms with Crippen LogP contribution in [0.3, 0.4) is 0 Å². The zero-order valence-electron chi connectivity index (χ0n) is 8.20. The van der Waals surface area contributed by atoms with E-state index in [0.717, 1.165) is 25.7 Å². The highest BCUT2D eigenvalue weighted by Gasteiger charge is 2.59. The molecule has 14 heavy (non-hydrogen) atoms. The highest BCUT2D eigenvalue weighted by molar-refractivity contribution is 5.83. The molecular weight excluding hydrogens is 178 g/mol. The van der Waals surface area contributed by atoms with E-state index in [9.17, 15) is 9.90 Å². The summed E-state index contributed by atoms with van der Waals surface area (Å²) in [5, 5.41) is 10.3. The lowest BCUT2D eigenvalue weighted by atomic mass is 9.48. The van der Waals surface area contributed by atoms with Gasteiger partial charge in [0, 0.05) is 0 Å². The quantitative estimate of drug-likeness (QED) is 0.642. The standard InChI is InChI=1S/C11H16NO2/c12-9(13)10-2-7-1-8(3-10)5-11(14,4-7)6-10/h2,7-8,14H,1,3-6H2,(H2,12,13)/t7-,8?,10+,11?/m0/s1. The molecule has 0 aromatic carbocycles. The van der Waals surface area contributed by atoms with E-state index >= 15 is 0 Å². The maximum absolute atomic E-state index is 11.5. The van der Waals surface area contributed by atoms with Crippen LogP contribution in [-0.4, -0.2) is 16.6 Å². The van der Waals surface area contributed by atoms with Crippen LogP contribution >= 0.6 is 0 Å². The van der Waals surface area contributed by atoms with Crippen molar-refractivity contribution in [3.63, 3.8) is 0 Å². The molecule has 1 amide bonds. The number of carbonyl (C=O) groups is 1. The summed E-state index contributed by atoms with van der Waals surface area (Å²) in [5.41, 5.74) is 4.41. The van der Waals surface area contributed by atoms with Gasteiger partial charge >= 0.3 is 0 Å². The minimum absolute atomic E-state index is 0.231. The number of amides is 1. The van der Waals surface area contributed by atoms with Crippen LogP contribution in [0.2, 0.25) is 0 Å². The van der Waals surface area contributed by atoms with Crippen molar-refractivity contribution >= 4 is 5.91 Å². The lowest BCUT2D eigenvalue weighted by Gasteiger charge is -2.58. The van der Waals surface area contributed by atoms with Gasteiger partial charge in [0.2, 0.25) is 5.91 Å². The van der Waals surface area contributed by atoms with Crippen molar-refractivity contribution in [2.24, 2.45) is 23.0 Å². The second-order valence-electron chi connectivity index (χ2n) is 5.56. The minimum Gasteiger partial charge on any atom is -0.390 e. The van der Waals surface area contributed by atoms with Gasteiger partial charge in [-0.3, -0.25) is 4.79 Å². The van der Waals surface area contributed by atoms with Gasteiger partial charge in [-0.1, -0.05) is 0 Å². The number of aliphatic hydroxyl groups is 1. The molecule has 4 aliphatic carbocycles. The van der Waals surface area contributed by atoms with Crippen molar-refractivity contribution in [3.05, 3.63) is 6.42 Å². The summed E-state index contributed by atoms with van der Waals surface area (Å²) < 4.78 is 0. The molecule has 0 aromatic rings. The Balaban J connectivity index is 2.00. The Morgan fingerprint density at radius 2 is 2.21 bits per heavy atom. The van der Waals surface area contributed by atoms with Crippen molar-refractivity contribution < 1.29 is 9.90 Å². The van der Waals surface area contributed by atoms with Gasteiger partial charge in [-0.15, -0.1) is 0 Å². The predicted octanol–water partition coefficient (Wildman–Crippen LogP) is 0.617. The van der Waals surface area contributed by atoms with Crippen molar-refractivity contribution in [2.75, 3.05) is 0 Å². The summed E-state index contributed by atoms with van der Waals surface area (Å²) in [7, 11) is 0. The molecule has 3 N–H and O–H groups in total. The third-order valence-electron chi connectivity index (χ3n) is 4.29. The molecule has 0 spiro atoms. The summed E-state index contributed by atoms with van der Waals surface area (Å²) in [6.45, 7) is 0. The van der Waals surface area contributed by atoms with E-state index in [2.05, 4.69) is 6.42 Å². The zero-order valence-corrected chi connectivity index (χ0v) is 8.20. The van der Waals surface area contributed by atoms with Gasteiger partial charge < -0.3 is 10.8 Å². The van der Waals surface area contributed by atoms with Gasteiger partial charge in [0.1, 0.15) is 0 Å². The molecule has 0 aliphatic heterocycles. The monoisotopic (exact) mass is 194 g/mol. The molecule has 4 bridgehead atoms. The molecule has 0 saturated heterocycles. The highest BCUT2D eigenvalue weighted by atomic mass is 16.3. The average Bonchev–Trinajstić information content (AvgIpc) is 1.98. The smallest absolute Gasteiger partial charge is 0.224 e. The number of carbonyl (C=O) groups excluding carboxylic acids is 1.